The third kappa shape index (κ3) is 4.27. The van der Waals surface area contributed by atoms with Gasteiger partial charge >= 0.3 is 0 Å². The molecule has 2 aliphatic heterocycles. The molecule has 144 valence electrons. The molecule has 1 saturated heterocycles. The summed E-state index contributed by atoms with van der Waals surface area (Å²) in [6, 6.07) is 8.25. The molecule has 2 atom stereocenters. The summed E-state index contributed by atoms with van der Waals surface area (Å²) in [5.74, 6) is 0.405. The number of carbonyl (C=O) groups excluding carboxylic acids is 1. The first-order valence-corrected chi connectivity index (χ1v) is 9.85. The summed E-state index contributed by atoms with van der Waals surface area (Å²) in [6.45, 7) is 5.96. The minimum absolute atomic E-state index is 0.192. The van der Waals surface area contributed by atoms with Gasteiger partial charge in [-0.3, -0.25) is 4.79 Å². The molecule has 1 fully saturated rings. The first kappa shape index (κ1) is 19.3. The maximum absolute atomic E-state index is 12.8. The number of nitrogens with zero attached hydrogens (tertiary/aromatic N) is 2. The Bertz CT molecular complexity index is 621. The van der Waals surface area contributed by atoms with E-state index in [1.807, 2.05) is 17.0 Å². The van der Waals surface area contributed by atoms with E-state index in [1.165, 1.54) is 5.56 Å². The molecule has 1 N–H and O–H groups in total. The van der Waals surface area contributed by atoms with E-state index in [1.54, 1.807) is 7.11 Å². The minimum Gasteiger partial charge on any atom is -0.389 e. The fraction of sp³-hybridized carbons (Fsp3) is 0.667. The largest absolute Gasteiger partial charge is 0.389 e. The highest BCUT2D eigenvalue weighted by atomic mass is 16.5. The SMILES string of the molecule is COCC[C@]1(O)CCN(CCC(=O)N2CCCc3ccccc32)C[C@H]1C. The normalized spacial score (nSPS) is 26.6. The lowest BCUT2D eigenvalue weighted by molar-refractivity contribution is -0.119. The lowest BCUT2D eigenvalue weighted by Gasteiger charge is -2.43. The Morgan fingerprint density at radius 1 is 1.35 bits per heavy atom. The number of ether oxygens (including phenoxy) is 1. The van der Waals surface area contributed by atoms with Gasteiger partial charge in [-0.05, 0) is 43.2 Å². The number of amides is 1. The average Bonchev–Trinajstić information content (AvgIpc) is 2.67. The summed E-state index contributed by atoms with van der Waals surface area (Å²) >= 11 is 0. The molecule has 0 radical (unpaired) electrons. The van der Waals surface area contributed by atoms with E-state index in [9.17, 15) is 9.90 Å². The molecule has 0 unspecified atom stereocenters. The zero-order valence-electron chi connectivity index (χ0n) is 16.1. The van der Waals surface area contributed by atoms with Gasteiger partial charge in [-0.1, -0.05) is 25.1 Å². The van der Waals surface area contributed by atoms with Crippen molar-refractivity contribution >= 4 is 11.6 Å². The molecule has 1 aromatic rings. The van der Waals surface area contributed by atoms with Gasteiger partial charge in [0.05, 0.1) is 5.60 Å². The second-order valence-corrected chi connectivity index (χ2v) is 7.83. The number of aryl methyl sites for hydroxylation is 1. The number of methoxy groups -OCH3 is 1. The summed E-state index contributed by atoms with van der Waals surface area (Å²) in [7, 11) is 1.67. The zero-order chi connectivity index (χ0) is 18.6. The second-order valence-electron chi connectivity index (χ2n) is 7.83. The van der Waals surface area contributed by atoms with Crippen LogP contribution in [0.2, 0.25) is 0 Å². The van der Waals surface area contributed by atoms with Crippen LogP contribution in [0.1, 0.15) is 38.2 Å². The monoisotopic (exact) mass is 360 g/mol. The highest BCUT2D eigenvalue weighted by molar-refractivity contribution is 5.94. The van der Waals surface area contributed by atoms with Crippen LogP contribution in [0.3, 0.4) is 0 Å². The van der Waals surface area contributed by atoms with E-state index in [-0.39, 0.29) is 11.8 Å². The number of anilines is 1. The number of fused-ring (bicyclic) bond motifs is 1. The number of likely N-dealkylation sites (tertiary alicyclic amines) is 1. The number of rotatable bonds is 6. The highest BCUT2D eigenvalue weighted by Gasteiger charge is 2.38. The van der Waals surface area contributed by atoms with E-state index in [0.29, 0.717) is 19.4 Å². The predicted molar refractivity (Wildman–Crippen MR) is 103 cm³/mol. The quantitative estimate of drug-likeness (QED) is 0.847. The van der Waals surface area contributed by atoms with E-state index in [2.05, 4.69) is 24.0 Å². The number of piperidine rings is 1. The van der Waals surface area contributed by atoms with Crippen LogP contribution in [0.15, 0.2) is 24.3 Å². The number of aliphatic hydroxyl groups is 1. The molecule has 1 aromatic carbocycles. The lowest BCUT2D eigenvalue weighted by Crippen LogP contribution is -2.52. The molecule has 5 nitrogen and oxygen atoms in total. The molecule has 0 saturated carbocycles. The molecule has 0 bridgehead atoms. The maximum Gasteiger partial charge on any atom is 0.228 e. The van der Waals surface area contributed by atoms with Crippen molar-refractivity contribution in [3.63, 3.8) is 0 Å². The maximum atomic E-state index is 12.8. The van der Waals surface area contributed by atoms with Crippen molar-refractivity contribution < 1.29 is 14.6 Å². The van der Waals surface area contributed by atoms with Crippen molar-refractivity contribution in [2.45, 2.75) is 44.6 Å². The van der Waals surface area contributed by atoms with Crippen molar-refractivity contribution in [3.05, 3.63) is 29.8 Å². The van der Waals surface area contributed by atoms with Crippen molar-refractivity contribution in [2.24, 2.45) is 5.92 Å². The van der Waals surface area contributed by atoms with Crippen LogP contribution in [0.5, 0.6) is 0 Å². The highest BCUT2D eigenvalue weighted by Crippen LogP contribution is 2.31. The van der Waals surface area contributed by atoms with Crippen LogP contribution in [0, 0.1) is 5.92 Å². The molecule has 3 rings (SSSR count). The molecule has 0 aromatic heterocycles. The van der Waals surface area contributed by atoms with Crippen LogP contribution in [-0.4, -0.2) is 61.4 Å². The van der Waals surface area contributed by atoms with Crippen LogP contribution in [0.4, 0.5) is 5.69 Å². The first-order valence-electron chi connectivity index (χ1n) is 9.85. The van der Waals surface area contributed by atoms with Crippen molar-refractivity contribution in [3.8, 4) is 0 Å². The van der Waals surface area contributed by atoms with E-state index in [0.717, 1.165) is 51.1 Å². The Labute approximate surface area is 156 Å². The molecular formula is C21H32N2O3. The molecule has 0 aliphatic carbocycles. The number of para-hydroxylation sites is 1. The van der Waals surface area contributed by atoms with Crippen molar-refractivity contribution in [1.29, 1.82) is 0 Å². The van der Waals surface area contributed by atoms with Crippen LogP contribution >= 0.6 is 0 Å². The summed E-state index contributed by atoms with van der Waals surface area (Å²) in [6.07, 6.45) is 4.07. The molecule has 26 heavy (non-hydrogen) atoms. The van der Waals surface area contributed by atoms with Gasteiger partial charge in [0.1, 0.15) is 0 Å². The number of benzene rings is 1. The topological polar surface area (TPSA) is 53.0 Å². The first-order chi connectivity index (χ1) is 12.5. The number of carbonyl (C=O) groups is 1. The predicted octanol–water partition coefficient (Wildman–Crippen LogP) is 2.47. The Morgan fingerprint density at radius 2 is 2.15 bits per heavy atom. The fourth-order valence-electron chi connectivity index (χ4n) is 4.28. The molecule has 0 spiro atoms. The van der Waals surface area contributed by atoms with E-state index >= 15 is 0 Å². The van der Waals surface area contributed by atoms with Gasteiger partial charge in [0.15, 0.2) is 0 Å². The zero-order valence-corrected chi connectivity index (χ0v) is 16.1. The Kier molecular flexibility index (Phi) is 6.33. The van der Waals surface area contributed by atoms with Gasteiger partial charge in [-0.15, -0.1) is 0 Å². The third-order valence-corrected chi connectivity index (χ3v) is 6.10. The van der Waals surface area contributed by atoms with Crippen LogP contribution in [0.25, 0.3) is 0 Å². The smallest absolute Gasteiger partial charge is 0.228 e. The summed E-state index contributed by atoms with van der Waals surface area (Å²) in [5, 5.41) is 10.8. The van der Waals surface area contributed by atoms with Gasteiger partial charge in [-0.2, -0.15) is 0 Å². The van der Waals surface area contributed by atoms with E-state index < -0.39 is 5.60 Å². The Balaban J connectivity index is 1.52. The Hall–Kier alpha value is -1.43. The number of hydrogen-bond donors (Lipinski definition) is 1. The van der Waals surface area contributed by atoms with Crippen molar-refractivity contribution in [1.82, 2.24) is 4.90 Å². The summed E-state index contributed by atoms with van der Waals surface area (Å²) in [5.41, 5.74) is 1.73. The lowest BCUT2D eigenvalue weighted by atomic mass is 9.80. The van der Waals surface area contributed by atoms with Gasteiger partial charge in [0.25, 0.3) is 0 Å². The Morgan fingerprint density at radius 3 is 2.92 bits per heavy atom. The van der Waals surface area contributed by atoms with Gasteiger partial charge in [0.2, 0.25) is 5.91 Å². The second kappa shape index (κ2) is 8.51. The molecule has 1 amide bonds. The van der Waals surface area contributed by atoms with Gasteiger partial charge < -0.3 is 19.6 Å². The minimum atomic E-state index is -0.637. The molecule has 2 aliphatic rings. The van der Waals surface area contributed by atoms with E-state index in [4.69, 9.17) is 4.74 Å². The summed E-state index contributed by atoms with van der Waals surface area (Å²) in [4.78, 5) is 17.1. The van der Waals surface area contributed by atoms with Crippen molar-refractivity contribution in [2.75, 3.05) is 44.8 Å². The fourth-order valence-corrected chi connectivity index (χ4v) is 4.28. The molecule has 2 heterocycles. The van der Waals surface area contributed by atoms with Gasteiger partial charge in [0, 0.05) is 52.0 Å². The van der Waals surface area contributed by atoms with Gasteiger partial charge in [-0.25, -0.2) is 0 Å². The third-order valence-electron chi connectivity index (χ3n) is 6.10. The standard InChI is InChI=1S/C21H32N2O3/c1-17-16-22(14-10-21(17,25)11-15-26-2)13-9-20(24)23-12-5-7-18-6-3-4-8-19(18)23/h3-4,6,8,17,25H,5,7,9-16H2,1-2H3/t17-,21-/m1/s1. The molecule has 5 heteroatoms. The molecular weight excluding hydrogens is 328 g/mol. The van der Waals surface area contributed by atoms with Crippen LogP contribution in [-0.2, 0) is 16.0 Å². The van der Waals surface area contributed by atoms with Crippen LogP contribution < -0.4 is 4.90 Å². The summed E-state index contributed by atoms with van der Waals surface area (Å²) < 4.78 is 5.14. The average molecular weight is 360 g/mol. The number of hydrogen-bond acceptors (Lipinski definition) is 4.